The fraction of sp³-hybridized carbons (Fsp3) is 0.120. The molecule has 1 heterocycles. The molecule has 0 atom stereocenters. The van der Waals surface area contributed by atoms with Crippen molar-refractivity contribution < 1.29 is 31.7 Å². The fourth-order valence-electron chi connectivity index (χ4n) is 3.25. The number of halogens is 2. The van der Waals surface area contributed by atoms with Crippen LogP contribution < -0.4 is 13.7 Å². The van der Waals surface area contributed by atoms with Crippen molar-refractivity contribution in [2.45, 2.75) is 4.90 Å². The van der Waals surface area contributed by atoms with Gasteiger partial charge in [-0.05, 0) is 84.1 Å². The molecule has 1 aliphatic rings. The maximum absolute atomic E-state index is 12.8. The number of methoxy groups -OCH3 is 1. The molecule has 3 aromatic carbocycles. The van der Waals surface area contributed by atoms with Crippen molar-refractivity contribution in [3.8, 4) is 17.2 Å². The number of imide groups is 1. The van der Waals surface area contributed by atoms with Crippen LogP contribution in [0.1, 0.15) is 5.56 Å². The van der Waals surface area contributed by atoms with E-state index in [-0.39, 0.29) is 34.5 Å². The van der Waals surface area contributed by atoms with Crippen LogP contribution in [0, 0.1) is 0 Å². The quantitative estimate of drug-likeness (QED) is 0.229. The first-order valence-electron chi connectivity index (χ1n) is 10.7. The summed E-state index contributed by atoms with van der Waals surface area (Å²) in [6, 6.07) is 16.7. The molecule has 1 fully saturated rings. The van der Waals surface area contributed by atoms with Gasteiger partial charge in [0.15, 0.2) is 11.5 Å². The molecule has 1 aliphatic heterocycles. The average Bonchev–Trinajstić information content (AvgIpc) is 3.13. The average molecular weight is 580 g/mol. The van der Waals surface area contributed by atoms with E-state index in [2.05, 4.69) is 0 Å². The van der Waals surface area contributed by atoms with Gasteiger partial charge in [-0.3, -0.25) is 14.5 Å². The van der Waals surface area contributed by atoms with Crippen molar-refractivity contribution in [1.29, 1.82) is 0 Å². The van der Waals surface area contributed by atoms with Crippen LogP contribution in [-0.2, 0) is 14.9 Å². The van der Waals surface area contributed by atoms with Crippen molar-refractivity contribution in [1.82, 2.24) is 4.90 Å². The lowest BCUT2D eigenvalue weighted by Gasteiger charge is -2.13. The number of amides is 2. The number of rotatable bonds is 9. The van der Waals surface area contributed by atoms with Crippen LogP contribution in [-0.4, -0.2) is 44.7 Å². The van der Waals surface area contributed by atoms with E-state index < -0.39 is 21.3 Å². The van der Waals surface area contributed by atoms with Gasteiger partial charge in [-0.1, -0.05) is 29.3 Å². The van der Waals surface area contributed by atoms with Crippen LogP contribution in [0.4, 0.5) is 4.79 Å². The van der Waals surface area contributed by atoms with Gasteiger partial charge in [-0.15, -0.1) is 0 Å². The van der Waals surface area contributed by atoms with E-state index >= 15 is 0 Å². The Labute approximate surface area is 227 Å². The third-order valence-corrected chi connectivity index (χ3v) is 7.72. The van der Waals surface area contributed by atoms with Crippen LogP contribution in [0.25, 0.3) is 6.08 Å². The highest BCUT2D eigenvalue weighted by Gasteiger charge is 2.35. The summed E-state index contributed by atoms with van der Waals surface area (Å²) >= 11 is 12.5. The van der Waals surface area contributed by atoms with Crippen molar-refractivity contribution in [2.24, 2.45) is 0 Å². The summed E-state index contributed by atoms with van der Waals surface area (Å²) in [7, 11) is -2.82. The van der Waals surface area contributed by atoms with E-state index in [0.29, 0.717) is 21.4 Å². The molecule has 37 heavy (non-hydrogen) atoms. The SMILES string of the molecule is COc1ccc(/C=C2\SC(=O)N(CCOc3ccc(Cl)cc3)C2=O)cc1OS(=O)(=O)c1ccc(Cl)cc1. The molecule has 0 aromatic heterocycles. The van der Waals surface area contributed by atoms with Crippen LogP contribution >= 0.6 is 35.0 Å². The number of carbonyl (C=O) groups is 2. The molecule has 0 bridgehead atoms. The summed E-state index contributed by atoms with van der Waals surface area (Å²) in [5.41, 5.74) is 0.435. The van der Waals surface area contributed by atoms with Gasteiger partial charge in [0.25, 0.3) is 11.1 Å². The maximum atomic E-state index is 12.8. The molecule has 2 amide bonds. The lowest BCUT2D eigenvalue weighted by Crippen LogP contribution is -2.32. The van der Waals surface area contributed by atoms with Crippen molar-refractivity contribution >= 4 is 62.3 Å². The smallest absolute Gasteiger partial charge is 0.339 e. The van der Waals surface area contributed by atoms with Gasteiger partial charge in [-0.25, -0.2) is 0 Å². The van der Waals surface area contributed by atoms with E-state index in [0.717, 1.165) is 16.7 Å². The molecule has 12 heteroatoms. The Hall–Kier alpha value is -3.18. The zero-order valence-electron chi connectivity index (χ0n) is 19.2. The fourth-order valence-corrected chi connectivity index (χ4v) is 5.29. The summed E-state index contributed by atoms with van der Waals surface area (Å²) in [6.07, 6.45) is 1.48. The molecular weight excluding hydrogens is 561 g/mol. The van der Waals surface area contributed by atoms with Gasteiger partial charge in [0.2, 0.25) is 0 Å². The number of thioether (sulfide) groups is 1. The molecule has 0 saturated carbocycles. The van der Waals surface area contributed by atoms with Gasteiger partial charge >= 0.3 is 10.1 Å². The largest absolute Gasteiger partial charge is 0.493 e. The summed E-state index contributed by atoms with van der Waals surface area (Å²) in [5.74, 6) is 0.164. The lowest BCUT2D eigenvalue weighted by atomic mass is 10.2. The predicted molar refractivity (Wildman–Crippen MR) is 142 cm³/mol. The molecule has 0 aliphatic carbocycles. The zero-order valence-corrected chi connectivity index (χ0v) is 22.4. The van der Waals surface area contributed by atoms with Gasteiger partial charge in [0, 0.05) is 10.0 Å². The third kappa shape index (κ3) is 6.58. The highest BCUT2D eigenvalue weighted by Crippen LogP contribution is 2.35. The number of ether oxygens (including phenoxy) is 2. The minimum atomic E-state index is -4.19. The number of nitrogens with zero attached hydrogens (tertiary/aromatic N) is 1. The standard InChI is InChI=1S/C25H19Cl2NO7S2/c1-33-21-11-2-16(14-22(21)35-37(31,32)20-9-5-18(27)6-10-20)15-23-24(29)28(25(30)36-23)12-13-34-19-7-3-17(26)4-8-19/h2-11,14-15H,12-13H2,1H3/b23-15-. The summed E-state index contributed by atoms with van der Waals surface area (Å²) < 4.78 is 41.6. The molecule has 8 nitrogen and oxygen atoms in total. The van der Waals surface area contributed by atoms with E-state index in [1.54, 1.807) is 30.3 Å². The molecule has 0 N–H and O–H groups in total. The van der Waals surface area contributed by atoms with Gasteiger partial charge < -0.3 is 13.7 Å². The molecular formula is C25H19Cl2NO7S2. The lowest BCUT2D eigenvalue weighted by molar-refractivity contribution is -0.123. The summed E-state index contributed by atoms with van der Waals surface area (Å²) in [6.45, 7) is 0.164. The first-order valence-corrected chi connectivity index (χ1v) is 13.7. The predicted octanol–water partition coefficient (Wildman–Crippen LogP) is 5.89. The monoisotopic (exact) mass is 579 g/mol. The number of benzene rings is 3. The highest BCUT2D eigenvalue weighted by molar-refractivity contribution is 8.18. The zero-order chi connectivity index (χ0) is 26.6. The molecule has 0 unspecified atom stereocenters. The molecule has 1 saturated heterocycles. The molecule has 192 valence electrons. The number of hydrogen-bond donors (Lipinski definition) is 0. The second-order valence-corrected chi connectivity index (χ2v) is 10.9. The van der Waals surface area contributed by atoms with Gasteiger partial charge in [-0.2, -0.15) is 8.42 Å². The molecule has 3 aromatic rings. The first kappa shape index (κ1) is 26.9. The Morgan fingerprint density at radius 1 is 0.919 bits per heavy atom. The Bertz CT molecular complexity index is 1460. The van der Waals surface area contributed by atoms with E-state index in [1.165, 1.54) is 49.6 Å². The van der Waals surface area contributed by atoms with E-state index in [4.69, 9.17) is 36.9 Å². The Morgan fingerprint density at radius 3 is 2.22 bits per heavy atom. The van der Waals surface area contributed by atoms with Crippen molar-refractivity contribution in [2.75, 3.05) is 20.3 Å². The van der Waals surface area contributed by atoms with Crippen molar-refractivity contribution in [3.63, 3.8) is 0 Å². The molecule has 0 radical (unpaired) electrons. The topological polar surface area (TPSA) is 99.2 Å². The minimum absolute atomic E-state index is 0.0565. The molecule has 0 spiro atoms. The first-order chi connectivity index (χ1) is 17.7. The Balaban J connectivity index is 1.48. The number of hydrogen-bond acceptors (Lipinski definition) is 8. The third-order valence-electron chi connectivity index (χ3n) is 5.06. The van der Waals surface area contributed by atoms with E-state index in [9.17, 15) is 18.0 Å². The Kier molecular flexibility index (Phi) is 8.33. The van der Waals surface area contributed by atoms with Crippen LogP contribution in [0.15, 0.2) is 76.5 Å². The summed E-state index contributed by atoms with van der Waals surface area (Å²) in [5, 5.41) is 0.508. The van der Waals surface area contributed by atoms with E-state index in [1.807, 2.05) is 0 Å². The summed E-state index contributed by atoms with van der Waals surface area (Å²) in [4.78, 5) is 26.4. The van der Waals surface area contributed by atoms with Gasteiger partial charge in [0.05, 0.1) is 18.6 Å². The van der Waals surface area contributed by atoms with Crippen LogP contribution in [0.5, 0.6) is 17.2 Å². The highest BCUT2D eigenvalue weighted by atomic mass is 35.5. The van der Waals surface area contributed by atoms with Crippen LogP contribution in [0.3, 0.4) is 0 Å². The van der Waals surface area contributed by atoms with Gasteiger partial charge in [0.1, 0.15) is 17.3 Å². The minimum Gasteiger partial charge on any atom is -0.493 e. The Morgan fingerprint density at radius 2 is 1.57 bits per heavy atom. The van der Waals surface area contributed by atoms with Crippen LogP contribution in [0.2, 0.25) is 10.0 Å². The number of carbonyl (C=O) groups excluding carboxylic acids is 2. The second-order valence-electron chi connectivity index (χ2n) is 7.54. The second kappa shape index (κ2) is 11.5. The normalized spacial score (nSPS) is 14.8. The van der Waals surface area contributed by atoms with Crippen molar-refractivity contribution in [3.05, 3.63) is 87.2 Å². The maximum Gasteiger partial charge on any atom is 0.339 e. The molecule has 4 rings (SSSR count).